The maximum atomic E-state index is 11.7. The Morgan fingerprint density at radius 3 is 1.96 bits per heavy atom. The van der Waals surface area contributed by atoms with Gasteiger partial charge in [-0.25, -0.2) is 0 Å². The number of hydrogen-bond acceptors (Lipinski definition) is 10. The molecule has 2 rings (SSSR count). The van der Waals surface area contributed by atoms with E-state index in [1.807, 2.05) is 13.8 Å². The van der Waals surface area contributed by atoms with Crippen LogP contribution in [-0.2, 0) is 42.4 Å². The number of ether oxygens (including phenoxy) is 4. The van der Waals surface area contributed by atoms with Gasteiger partial charge in [-0.15, -0.1) is 0 Å². The number of carbonyl (C=O) groups is 3. The average Bonchev–Trinajstić information content (AvgIpc) is 2.55. The molecule has 0 spiro atoms. The van der Waals surface area contributed by atoms with Crippen molar-refractivity contribution in [2.24, 2.45) is 5.41 Å². The molecule has 2 fully saturated rings. The van der Waals surface area contributed by atoms with Crippen molar-refractivity contribution in [3.63, 3.8) is 0 Å². The number of esters is 3. The molecule has 0 aromatic carbocycles. The van der Waals surface area contributed by atoms with Crippen LogP contribution < -0.4 is 0 Å². The van der Waals surface area contributed by atoms with Crippen LogP contribution in [0, 0.1) is 5.41 Å². The van der Waals surface area contributed by atoms with Crippen LogP contribution in [0.5, 0.6) is 0 Å². The fourth-order valence-corrected chi connectivity index (χ4v) is 8.76. The zero-order valence-electron chi connectivity index (χ0n) is 16.4. The molecular weight excluding hydrogens is 478 g/mol. The second-order valence-electron chi connectivity index (χ2n) is 7.26. The van der Waals surface area contributed by atoms with Crippen molar-refractivity contribution in [3.8, 4) is 0 Å². The molecule has 0 amide bonds. The fraction of sp³-hybridized carbons (Fsp3) is 0.812. The molecule has 4 atom stereocenters. The second-order valence-corrected chi connectivity index (χ2v) is 16.0. The summed E-state index contributed by atoms with van der Waals surface area (Å²) in [6, 6.07) is 0. The summed E-state index contributed by atoms with van der Waals surface area (Å²) in [6.07, 6.45) is -2.91. The van der Waals surface area contributed by atoms with E-state index in [9.17, 15) is 14.4 Å². The molecule has 0 aliphatic carbocycles. The van der Waals surface area contributed by atoms with Crippen LogP contribution in [0.25, 0.3) is 0 Å². The van der Waals surface area contributed by atoms with Crippen LogP contribution in [0.4, 0.5) is 0 Å². The van der Waals surface area contributed by atoms with E-state index < -0.39 is 46.8 Å². The summed E-state index contributed by atoms with van der Waals surface area (Å²) in [5.41, 5.74) is -0.854. The second kappa shape index (κ2) is 9.60. The van der Waals surface area contributed by atoms with Crippen molar-refractivity contribution in [2.75, 3.05) is 19.8 Å². The van der Waals surface area contributed by atoms with Gasteiger partial charge in [0, 0.05) is 0 Å². The van der Waals surface area contributed by atoms with Crippen LogP contribution in [-0.4, -0.2) is 76.6 Å². The first-order valence-corrected chi connectivity index (χ1v) is 13.9. The molecule has 9 nitrogen and oxygen atoms in total. The molecule has 0 aromatic heterocycles. The molecule has 2 heterocycles. The van der Waals surface area contributed by atoms with Crippen LogP contribution in [0.1, 0.15) is 34.6 Å². The Bertz CT molecular complexity index is 657. The summed E-state index contributed by atoms with van der Waals surface area (Å²) < 4.78 is 33.6. The van der Waals surface area contributed by atoms with Gasteiger partial charge in [-0.2, -0.15) is 0 Å². The molecule has 2 saturated heterocycles. The Hall–Kier alpha value is -0.411. The predicted octanol–water partition coefficient (Wildman–Crippen LogP) is 1.79. The van der Waals surface area contributed by atoms with E-state index in [1.54, 1.807) is 0 Å². The van der Waals surface area contributed by atoms with E-state index in [0.717, 1.165) is 0 Å². The van der Waals surface area contributed by atoms with Gasteiger partial charge < -0.3 is 0 Å². The van der Waals surface area contributed by atoms with E-state index in [4.69, 9.17) is 28.0 Å². The van der Waals surface area contributed by atoms with Gasteiger partial charge in [0.1, 0.15) is 0 Å². The molecule has 0 radical (unpaired) electrons. The molecule has 0 N–H and O–H groups in total. The maximum absolute atomic E-state index is 11.7. The summed E-state index contributed by atoms with van der Waals surface area (Å²) in [7, 11) is 0. The van der Waals surface area contributed by atoms with Crippen molar-refractivity contribution in [3.05, 3.63) is 0 Å². The zero-order valence-corrected chi connectivity index (χ0v) is 19.8. The van der Waals surface area contributed by atoms with E-state index >= 15 is 0 Å². The zero-order chi connectivity index (χ0) is 21.1. The topological polar surface area (TPSA) is 107 Å². The van der Waals surface area contributed by atoms with Gasteiger partial charge in [0.15, 0.2) is 0 Å². The normalized spacial score (nSPS) is 31.5. The van der Waals surface area contributed by atoms with Gasteiger partial charge in [-0.1, -0.05) is 0 Å². The monoisotopic (exact) mass is 504 g/mol. The summed E-state index contributed by atoms with van der Waals surface area (Å²) in [4.78, 5) is 34.7. The van der Waals surface area contributed by atoms with Gasteiger partial charge in [-0.05, 0) is 0 Å². The van der Waals surface area contributed by atoms with Crippen molar-refractivity contribution in [1.82, 2.24) is 0 Å². The van der Waals surface area contributed by atoms with Gasteiger partial charge in [0.2, 0.25) is 0 Å². The van der Waals surface area contributed by atoms with E-state index in [1.165, 1.54) is 32.2 Å². The molecule has 0 aromatic rings. The van der Waals surface area contributed by atoms with Crippen LogP contribution >= 0.6 is 16.5 Å². The number of carbonyl (C=O) groups excluding carboxylic acids is 3. The Morgan fingerprint density at radius 1 is 0.964 bits per heavy atom. The minimum atomic E-state index is -2.47. The Balaban J connectivity index is 2.22. The molecule has 160 valence electrons. The van der Waals surface area contributed by atoms with Crippen molar-refractivity contribution < 1.29 is 42.4 Å². The number of rotatable bonds is 5. The molecule has 0 saturated carbocycles. The Kier molecular flexibility index (Phi) is 8.18. The minimum absolute atomic E-state index is 0.0293. The van der Waals surface area contributed by atoms with Gasteiger partial charge >= 0.3 is 176 Å². The van der Waals surface area contributed by atoms with Gasteiger partial charge in [0.05, 0.1) is 0 Å². The molecule has 0 bridgehead atoms. The van der Waals surface area contributed by atoms with E-state index in [2.05, 4.69) is 15.1 Å². The molecule has 28 heavy (non-hydrogen) atoms. The quantitative estimate of drug-likeness (QED) is 0.239. The van der Waals surface area contributed by atoms with Crippen molar-refractivity contribution >= 4 is 49.6 Å². The Morgan fingerprint density at radius 2 is 1.46 bits per heavy atom. The summed E-state index contributed by atoms with van der Waals surface area (Å²) in [5.74, 6) is -1.74. The molecular formula is C16H25O9PSSe. The van der Waals surface area contributed by atoms with E-state index in [0.29, 0.717) is 13.2 Å². The van der Waals surface area contributed by atoms with Crippen LogP contribution in [0.3, 0.4) is 0 Å². The first kappa shape index (κ1) is 23.9. The average molecular weight is 503 g/mol. The molecule has 2 aliphatic heterocycles. The first-order chi connectivity index (χ1) is 12.9. The Labute approximate surface area is 175 Å². The fourth-order valence-electron chi connectivity index (χ4n) is 2.57. The van der Waals surface area contributed by atoms with Crippen LogP contribution in [0.2, 0.25) is 0 Å². The predicted molar refractivity (Wildman–Crippen MR) is 102 cm³/mol. The van der Waals surface area contributed by atoms with Gasteiger partial charge in [0.25, 0.3) is 0 Å². The third-order valence-electron chi connectivity index (χ3n) is 3.76. The third kappa shape index (κ3) is 6.83. The van der Waals surface area contributed by atoms with Crippen molar-refractivity contribution in [1.29, 1.82) is 0 Å². The molecule has 0 unspecified atom stereocenters. The molecule has 12 heteroatoms. The number of hydrogen-bond donors (Lipinski definition) is 0. The molecule has 2 aliphatic rings. The van der Waals surface area contributed by atoms with Crippen LogP contribution in [0.15, 0.2) is 0 Å². The van der Waals surface area contributed by atoms with E-state index in [-0.39, 0.29) is 12.0 Å². The third-order valence-corrected chi connectivity index (χ3v) is 10.5. The van der Waals surface area contributed by atoms with Gasteiger partial charge in [-0.3, -0.25) is 0 Å². The summed E-state index contributed by atoms with van der Waals surface area (Å²) in [6.45, 7) is 8.72. The first-order valence-electron chi connectivity index (χ1n) is 8.61. The standard InChI is InChI=1S/C16H25O9PSSe/c1-9(17)23-12-6-20-15(14(25-11(3)19)13(12)24-10(2)18)27-26(28)21-7-16(4,5)8-22-26/h12-15H,6-8H2,1-5H3/t12-,13+,14-,15+/m1/s1. The van der Waals surface area contributed by atoms with Crippen molar-refractivity contribution in [2.45, 2.75) is 58.4 Å². The summed E-state index contributed by atoms with van der Waals surface area (Å²) in [5, 5.41) is -2.47. The SMILES string of the molecule is CC(=O)O[C@@H]1[C@@H](OC(C)=O)[C@H](SP2(=[Se])OCC(C)(C)CO2)OC[C@H]1OC(C)=O. The summed E-state index contributed by atoms with van der Waals surface area (Å²) >= 11 is 4.19.